The van der Waals surface area contributed by atoms with Crippen molar-refractivity contribution in [1.29, 1.82) is 0 Å². The smallest absolute Gasteiger partial charge is 0.123 e. The van der Waals surface area contributed by atoms with Gasteiger partial charge < -0.3 is 10.1 Å². The number of benzene rings is 2. The quantitative estimate of drug-likeness (QED) is 0.867. The maximum absolute atomic E-state index is 11.4. The van der Waals surface area contributed by atoms with Gasteiger partial charge in [0.1, 0.15) is 5.75 Å². The van der Waals surface area contributed by atoms with E-state index in [0.717, 1.165) is 21.8 Å². The van der Waals surface area contributed by atoms with Crippen LogP contribution in [0.5, 0.6) is 5.75 Å². The van der Waals surface area contributed by atoms with Crippen molar-refractivity contribution in [3.63, 3.8) is 0 Å². The maximum atomic E-state index is 11.4. The molecule has 0 radical (unpaired) electrons. The van der Waals surface area contributed by atoms with Crippen LogP contribution in [0.25, 0.3) is 0 Å². The van der Waals surface area contributed by atoms with Crippen LogP contribution in [0.2, 0.25) is 5.02 Å². The Morgan fingerprint density at radius 2 is 1.91 bits per heavy atom. The van der Waals surface area contributed by atoms with E-state index in [1.165, 1.54) is 0 Å². The molecule has 22 heavy (non-hydrogen) atoms. The molecule has 2 rings (SSSR count). The van der Waals surface area contributed by atoms with Crippen LogP contribution in [0.1, 0.15) is 24.1 Å². The molecule has 0 unspecified atom stereocenters. The van der Waals surface area contributed by atoms with E-state index in [0.29, 0.717) is 11.6 Å². The summed E-state index contributed by atoms with van der Waals surface area (Å²) in [6, 6.07) is 13.5. The Kier molecular flexibility index (Phi) is 6.00. The summed E-state index contributed by atoms with van der Waals surface area (Å²) in [5.41, 5.74) is 2.17. The number of halogens is 1. The molecule has 0 aliphatic carbocycles. The Morgan fingerprint density at radius 1 is 1.23 bits per heavy atom. The molecular formula is C17H20ClNO2S. The van der Waals surface area contributed by atoms with Crippen LogP contribution in [0.3, 0.4) is 0 Å². The standard InChI is InChI=1S/C17H20ClNO2S/c1-12(16-10-14(18)6-9-17(16)21-2)19-11-13-4-7-15(8-5-13)22(3)20/h4-10,12,19H,11H2,1-3H3/t12-,22-/m0/s1. The lowest BCUT2D eigenvalue weighted by Crippen LogP contribution is -2.18. The summed E-state index contributed by atoms with van der Waals surface area (Å²) in [4.78, 5) is 0.841. The summed E-state index contributed by atoms with van der Waals surface area (Å²) in [6.07, 6.45) is 1.68. The third-order valence-corrected chi connectivity index (χ3v) is 4.70. The van der Waals surface area contributed by atoms with Crippen LogP contribution in [-0.4, -0.2) is 17.6 Å². The summed E-state index contributed by atoms with van der Waals surface area (Å²) < 4.78 is 16.8. The van der Waals surface area contributed by atoms with Crippen LogP contribution >= 0.6 is 11.6 Å². The molecule has 0 aromatic heterocycles. The molecule has 118 valence electrons. The second kappa shape index (κ2) is 7.77. The van der Waals surface area contributed by atoms with Gasteiger partial charge in [0.2, 0.25) is 0 Å². The van der Waals surface area contributed by atoms with Gasteiger partial charge in [-0.25, -0.2) is 0 Å². The molecule has 0 saturated carbocycles. The molecule has 5 heteroatoms. The molecule has 2 aromatic rings. The van der Waals surface area contributed by atoms with Gasteiger partial charge in [-0.15, -0.1) is 0 Å². The molecule has 0 saturated heterocycles. The van der Waals surface area contributed by atoms with Crippen LogP contribution in [-0.2, 0) is 17.3 Å². The van der Waals surface area contributed by atoms with Gasteiger partial charge >= 0.3 is 0 Å². The van der Waals surface area contributed by atoms with Gasteiger partial charge in [-0.3, -0.25) is 4.21 Å². The molecule has 0 aliphatic heterocycles. The molecule has 2 aromatic carbocycles. The largest absolute Gasteiger partial charge is 0.496 e. The molecule has 0 heterocycles. The van der Waals surface area contributed by atoms with E-state index in [4.69, 9.17) is 16.3 Å². The molecule has 0 fully saturated rings. The van der Waals surface area contributed by atoms with Crippen molar-refractivity contribution in [2.24, 2.45) is 0 Å². The van der Waals surface area contributed by atoms with Crippen molar-refractivity contribution in [3.8, 4) is 5.75 Å². The van der Waals surface area contributed by atoms with Crippen LogP contribution in [0.4, 0.5) is 0 Å². The maximum Gasteiger partial charge on any atom is 0.123 e. The number of hydrogen-bond donors (Lipinski definition) is 1. The van der Waals surface area contributed by atoms with Crippen molar-refractivity contribution >= 4 is 22.4 Å². The fourth-order valence-electron chi connectivity index (χ4n) is 2.22. The predicted octanol–water partition coefficient (Wildman–Crippen LogP) is 3.94. The summed E-state index contributed by atoms with van der Waals surface area (Å²) >= 11 is 6.07. The Morgan fingerprint density at radius 3 is 2.50 bits per heavy atom. The first kappa shape index (κ1) is 17.0. The number of methoxy groups -OCH3 is 1. The molecular weight excluding hydrogens is 318 g/mol. The number of ether oxygens (including phenoxy) is 1. The fourth-order valence-corrected chi connectivity index (χ4v) is 2.92. The van der Waals surface area contributed by atoms with Crippen LogP contribution in [0, 0.1) is 0 Å². The number of hydrogen-bond acceptors (Lipinski definition) is 3. The molecule has 2 atom stereocenters. The zero-order valence-electron chi connectivity index (χ0n) is 12.9. The lowest BCUT2D eigenvalue weighted by atomic mass is 10.1. The zero-order valence-corrected chi connectivity index (χ0v) is 14.5. The Bertz CT molecular complexity index is 658. The van der Waals surface area contributed by atoms with Gasteiger partial charge in [-0.05, 0) is 42.8 Å². The Balaban J connectivity index is 2.05. The van der Waals surface area contributed by atoms with E-state index < -0.39 is 10.8 Å². The third-order valence-electron chi connectivity index (χ3n) is 3.53. The second-order valence-electron chi connectivity index (χ2n) is 5.09. The van der Waals surface area contributed by atoms with Gasteiger partial charge in [0.15, 0.2) is 0 Å². The summed E-state index contributed by atoms with van der Waals surface area (Å²) in [6.45, 7) is 2.79. The third kappa shape index (κ3) is 4.32. The number of nitrogens with one attached hydrogen (secondary N) is 1. The van der Waals surface area contributed by atoms with E-state index in [1.807, 2.05) is 42.5 Å². The van der Waals surface area contributed by atoms with Gasteiger partial charge in [0.25, 0.3) is 0 Å². The Labute approximate surface area is 139 Å². The van der Waals surface area contributed by atoms with E-state index in [-0.39, 0.29) is 6.04 Å². The monoisotopic (exact) mass is 337 g/mol. The zero-order chi connectivity index (χ0) is 16.1. The minimum absolute atomic E-state index is 0.105. The van der Waals surface area contributed by atoms with E-state index in [9.17, 15) is 4.21 Å². The predicted molar refractivity (Wildman–Crippen MR) is 92.0 cm³/mol. The van der Waals surface area contributed by atoms with Crippen LogP contribution < -0.4 is 10.1 Å². The van der Waals surface area contributed by atoms with Crippen LogP contribution in [0.15, 0.2) is 47.4 Å². The van der Waals surface area contributed by atoms with E-state index in [1.54, 1.807) is 13.4 Å². The molecule has 1 N–H and O–H groups in total. The first-order valence-electron chi connectivity index (χ1n) is 7.00. The summed E-state index contributed by atoms with van der Waals surface area (Å²) in [5.74, 6) is 0.820. The van der Waals surface area contributed by atoms with Gasteiger partial charge in [0, 0.05) is 45.1 Å². The first-order chi connectivity index (χ1) is 10.5. The Hall–Kier alpha value is -1.36. The molecule has 0 amide bonds. The van der Waals surface area contributed by atoms with Crippen molar-refractivity contribution in [3.05, 3.63) is 58.6 Å². The minimum atomic E-state index is -0.938. The highest BCUT2D eigenvalue weighted by Gasteiger charge is 2.11. The molecule has 0 bridgehead atoms. The average Bonchev–Trinajstić information content (AvgIpc) is 2.53. The highest BCUT2D eigenvalue weighted by molar-refractivity contribution is 7.84. The molecule has 0 spiro atoms. The summed E-state index contributed by atoms with van der Waals surface area (Å²) in [5, 5.41) is 4.15. The van der Waals surface area contributed by atoms with Crippen molar-refractivity contribution in [2.75, 3.05) is 13.4 Å². The number of rotatable bonds is 6. The second-order valence-corrected chi connectivity index (χ2v) is 6.90. The van der Waals surface area contributed by atoms with Gasteiger partial charge in [-0.2, -0.15) is 0 Å². The lowest BCUT2D eigenvalue weighted by molar-refractivity contribution is 0.401. The van der Waals surface area contributed by atoms with Crippen molar-refractivity contribution < 1.29 is 8.95 Å². The van der Waals surface area contributed by atoms with Gasteiger partial charge in [0.05, 0.1) is 7.11 Å². The highest BCUT2D eigenvalue weighted by atomic mass is 35.5. The van der Waals surface area contributed by atoms with Crippen molar-refractivity contribution in [1.82, 2.24) is 5.32 Å². The SMILES string of the molecule is COc1ccc(Cl)cc1[C@H](C)NCc1ccc([S@](C)=O)cc1. The van der Waals surface area contributed by atoms with E-state index in [2.05, 4.69) is 12.2 Å². The van der Waals surface area contributed by atoms with Gasteiger partial charge in [-0.1, -0.05) is 23.7 Å². The molecule has 3 nitrogen and oxygen atoms in total. The topological polar surface area (TPSA) is 38.3 Å². The fraction of sp³-hybridized carbons (Fsp3) is 0.294. The minimum Gasteiger partial charge on any atom is -0.496 e. The highest BCUT2D eigenvalue weighted by Crippen LogP contribution is 2.28. The molecule has 0 aliphatic rings. The summed E-state index contributed by atoms with van der Waals surface area (Å²) in [7, 11) is 0.718. The van der Waals surface area contributed by atoms with E-state index >= 15 is 0 Å². The normalized spacial score (nSPS) is 13.6. The first-order valence-corrected chi connectivity index (χ1v) is 8.94. The van der Waals surface area contributed by atoms with Crippen molar-refractivity contribution in [2.45, 2.75) is 24.4 Å². The lowest BCUT2D eigenvalue weighted by Gasteiger charge is -2.18. The average molecular weight is 338 g/mol.